The van der Waals surface area contributed by atoms with E-state index >= 15 is 0 Å². The second-order valence-corrected chi connectivity index (χ2v) is 7.28. The molecule has 4 N–H and O–H groups in total. The van der Waals surface area contributed by atoms with Gasteiger partial charge in [-0.15, -0.1) is 12.4 Å². The van der Waals surface area contributed by atoms with E-state index in [0.29, 0.717) is 18.8 Å². The number of hydrogen-bond donors (Lipinski definition) is 4. The molecule has 1 aliphatic rings. The lowest BCUT2D eigenvalue weighted by atomic mass is 9.75. The van der Waals surface area contributed by atoms with Gasteiger partial charge in [0.25, 0.3) is 5.91 Å². The number of hydrogen-bond acceptors (Lipinski definition) is 4. The van der Waals surface area contributed by atoms with Gasteiger partial charge >= 0.3 is 0 Å². The van der Waals surface area contributed by atoms with E-state index in [0.717, 1.165) is 29.8 Å². The Morgan fingerprint density at radius 1 is 1.35 bits per heavy atom. The first kappa shape index (κ1) is 20.4. The standard InChI is InChI=1S/C19H26N4O2.ClH/c1-19(2,12-24)15(13-6-4-3-5-7-13)11-21-18(25)17-14-10-20-9-8-16(14)22-23-17;/h3-7,15,20,24H,8-12H2,1-2H3,(H,21,25)(H,22,23);1H. The van der Waals surface area contributed by atoms with E-state index in [1.165, 1.54) is 0 Å². The molecule has 0 aliphatic carbocycles. The zero-order chi connectivity index (χ0) is 17.9. The maximum Gasteiger partial charge on any atom is 0.272 e. The molecule has 0 saturated carbocycles. The summed E-state index contributed by atoms with van der Waals surface area (Å²) in [6.07, 6.45) is 0.861. The van der Waals surface area contributed by atoms with Crippen molar-refractivity contribution in [2.45, 2.75) is 32.7 Å². The quantitative estimate of drug-likeness (QED) is 0.619. The minimum absolute atomic E-state index is 0. The second-order valence-electron chi connectivity index (χ2n) is 7.28. The number of nitrogens with one attached hydrogen (secondary N) is 3. The Labute approximate surface area is 160 Å². The van der Waals surface area contributed by atoms with Crippen LogP contribution in [0.2, 0.25) is 0 Å². The van der Waals surface area contributed by atoms with Crippen molar-refractivity contribution in [1.29, 1.82) is 0 Å². The molecule has 1 atom stereocenters. The Bertz CT molecular complexity index is 730. The molecule has 7 heteroatoms. The molecular weight excluding hydrogens is 352 g/mol. The number of carbonyl (C=O) groups excluding carboxylic acids is 1. The van der Waals surface area contributed by atoms with E-state index in [4.69, 9.17) is 0 Å². The molecule has 0 fully saturated rings. The SMILES string of the molecule is CC(C)(CO)C(CNC(=O)c1n[nH]c2c1CNCC2)c1ccccc1.Cl. The van der Waals surface area contributed by atoms with Crippen LogP contribution in [0.1, 0.15) is 47.1 Å². The number of amides is 1. The van der Waals surface area contributed by atoms with E-state index in [1.54, 1.807) is 0 Å². The third-order valence-corrected chi connectivity index (χ3v) is 5.04. The lowest BCUT2D eigenvalue weighted by molar-refractivity contribution is 0.0914. The topological polar surface area (TPSA) is 90.0 Å². The number of aromatic amines is 1. The smallest absolute Gasteiger partial charge is 0.272 e. The van der Waals surface area contributed by atoms with Crippen LogP contribution in [0.15, 0.2) is 30.3 Å². The van der Waals surface area contributed by atoms with Crippen LogP contribution in [-0.2, 0) is 13.0 Å². The van der Waals surface area contributed by atoms with Gasteiger partial charge in [0.15, 0.2) is 5.69 Å². The zero-order valence-corrected chi connectivity index (χ0v) is 16.0. The molecule has 1 aromatic heterocycles. The Hall–Kier alpha value is -1.89. The summed E-state index contributed by atoms with van der Waals surface area (Å²) < 4.78 is 0. The zero-order valence-electron chi connectivity index (χ0n) is 15.2. The van der Waals surface area contributed by atoms with E-state index in [-0.39, 0.29) is 36.3 Å². The van der Waals surface area contributed by atoms with Gasteiger partial charge in [0.2, 0.25) is 0 Å². The fraction of sp³-hybridized carbons (Fsp3) is 0.474. The number of carbonyl (C=O) groups is 1. The molecular formula is C19H27ClN4O2. The molecule has 142 valence electrons. The highest BCUT2D eigenvalue weighted by molar-refractivity contribution is 5.94. The Kier molecular flexibility index (Phi) is 6.81. The summed E-state index contributed by atoms with van der Waals surface area (Å²) in [6, 6.07) is 10.00. The van der Waals surface area contributed by atoms with E-state index < -0.39 is 0 Å². The number of H-pyrrole nitrogens is 1. The fourth-order valence-corrected chi connectivity index (χ4v) is 3.33. The largest absolute Gasteiger partial charge is 0.396 e. The van der Waals surface area contributed by atoms with Crippen LogP contribution >= 0.6 is 12.4 Å². The number of aliphatic hydroxyl groups is 1. The van der Waals surface area contributed by atoms with Gasteiger partial charge in [-0.2, -0.15) is 5.10 Å². The van der Waals surface area contributed by atoms with Gasteiger partial charge in [-0.3, -0.25) is 9.89 Å². The average Bonchev–Trinajstić information content (AvgIpc) is 3.06. The Morgan fingerprint density at radius 3 is 2.77 bits per heavy atom. The molecule has 1 unspecified atom stereocenters. The summed E-state index contributed by atoms with van der Waals surface area (Å²) in [5.41, 5.74) is 3.23. The van der Waals surface area contributed by atoms with Crippen LogP contribution in [0.3, 0.4) is 0 Å². The predicted octanol–water partition coefficient (Wildman–Crippen LogP) is 2.01. The Balaban J connectivity index is 0.00000243. The molecule has 1 aliphatic heterocycles. The van der Waals surface area contributed by atoms with Gasteiger partial charge < -0.3 is 15.7 Å². The van der Waals surface area contributed by atoms with Gasteiger partial charge in [0.1, 0.15) is 0 Å². The molecule has 0 spiro atoms. The first-order valence-electron chi connectivity index (χ1n) is 8.74. The number of aliphatic hydroxyl groups excluding tert-OH is 1. The van der Waals surface area contributed by atoms with Crippen molar-refractivity contribution < 1.29 is 9.90 Å². The number of rotatable bonds is 6. The highest BCUT2D eigenvalue weighted by Gasteiger charge is 2.31. The van der Waals surface area contributed by atoms with Gasteiger partial charge in [-0.1, -0.05) is 44.2 Å². The molecule has 6 nitrogen and oxygen atoms in total. The van der Waals surface area contributed by atoms with Crippen LogP contribution in [0.25, 0.3) is 0 Å². The number of aromatic nitrogens is 2. The maximum absolute atomic E-state index is 12.6. The van der Waals surface area contributed by atoms with Crippen LogP contribution in [0, 0.1) is 5.41 Å². The van der Waals surface area contributed by atoms with Crippen molar-refractivity contribution in [1.82, 2.24) is 20.8 Å². The van der Waals surface area contributed by atoms with Crippen molar-refractivity contribution >= 4 is 18.3 Å². The number of halogens is 1. The fourth-order valence-electron chi connectivity index (χ4n) is 3.33. The van der Waals surface area contributed by atoms with Crippen LogP contribution < -0.4 is 10.6 Å². The van der Waals surface area contributed by atoms with E-state index in [2.05, 4.69) is 20.8 Å². The predicted molar refractivity (Wildman–Crippen MR) is 104 cm³/mol. The van der Waals surface area contributed by atoms with Crippen LogP contribution in [-0.4, -0.2) is 40.9 Å². The van der Waals surface area contributed by atoms with Gasteiger partial charge in [-0.25, -0.2) is 0 Å². The van der Waals surface area contributed by atoms with Crippen molar-refractivity contribution in [2.24, 2.45) is 5.41 Å². The molecule has 0 saturated heterocycles. The minimum atomic E-state index is -0.346. The highest BCUT2D eigenvalue weighted by Crippen LogP contribution is 2.34. The molecule has 26 heavy (non-hydrogen) atoms. The normalized spacial score (nSPS) is 14.9. The van der Waals surface area contributed by atoms with Crippen molar-refractivity contribution in [2.75, 3.05) is 19.7 Å². The van der Waals surface area contributed by atoms with E-state index in [1.807, 2.05) is 44.2 Å². The first-order chi connectivity index (χ1) is 12.0. The molecule has 1 amide bonds. The van der Waals surface area contributed by atoms with Crippen LogP contribution in [0.4, 0.5) is 0 Å². The first-order valence-corrected chi connectivity index (χ1v) is 8.74. The number of nitrogens with zero attached hydrogens (tertiary/aromatic N) is 1. The summed E-state index contributed by atoms with van der Waals surface area (Å²) >= 11 is 0. The molecule has 2 heterocycles. The van der Waals surface area contributed by atoms with E-state index in [9.17, 15) is 9.90 Å². The van der Waals surface area contributed by atoms with Crippen molar-refractivity contribution in [3.63, 3.8) is 0 Å². The highest BCUT2D eigenvalue weighted by atomic mass is 35.5. The third kappa shape index (κ3) is 4.26. The third-order valence-electron chi connectivity index (χ3n) is 5.04. The van der Waals surface area contributed by atoms with Gasteiger partial charge in [-0.05, 0) is 11.0 Å². The summed E-state index contributed by atoms with van der Waals surface area (Å²) in [7, 11) is 0. The summed E-state index contributed by atoms with van der Waals surface area (Å²) in [4.78, 5) is 12.6. The van der Waals surface area contributed by atoms with Crippen molar-refractivity contribution in [3.05, 3.63) is 52.8 Å². The molecule has 0 radical (unpaired) electrons. The molecule has 3 rings (SSSR count). The van der Waals surface area contributed by atoms with Gasteiger partial charge in [0.05, 0.1) is 0 Å². The molecule has 1 aromatic carbocycles. The minimum Gasteiger partial charge on any atom is -0.396 e. The summed E-state index contributed by atoms with van der Waals surface area (Å²) in [5, 5.41) is 23.3. The Morgan fingerprint density at radius 2 is 2.08 bits per heavy atom. The monoisotopic (exact) mass is 378 g/mol. The number of benzene rings is 1. The molecule has 0 bridgehead atoms. The lowest BCUT2D eigenvalue weighted by Crippen LogP contribution is -2.37. The molecule has 2 aromatic rings. The van der Waals surface area contributed by atoms with Gasteiger partial charge in [0, 0.05) is 49.8 Å². The second kappa shape index (κ2) is 8.66. The average molecular weight is 379 g/mol. The van der Waals surface area contributed by atoms with Crippen molar-refractivity contribution in [3.8, 4) is 0 Å². The lowest BCUT2D eigenvalue weighted by Gasteiger charge is -2.33. The maximum atomic E-state index is 12.6. The van der Waals surface area contributed by atoms with Crippen LogP contribution in [0.5, 0.6) is 0 Å². The summed E-state index contributed by atoms with van der Waals surface area (Å²) in [6.45, 7) is 6.08. The number of fused-ring (bicyclic) bond motifs is 1. The summed E-state index contributed by atoms with van der Waals surface area (Å²) in [5.74, 6) is -0.161.